The molecule has 1 heterocycles. The lowest BCUT2D eigenvalue weighted by Crippen LogP contribution is -1.92. The molecule has 0 aromatic heterocycles. The standard InChI is InChI=1S/C14H13NO2/c1-9-2-4-11(15)7-12(9)10-3-5-13-14(6-10)17-8-16-13/h2-7H,8,15H2,1H3. The zero-order valence-electron chi connectivity index (χ0n) is 9.57. The van der Waals surface area contributed by atoms with Crippen LogP contribution in [0.4, 0.5) is 5.69 Å². The van der Waals surface area contributed by atoms with Crippen molar-refractivity contribution in [2.45, 2.75) is 6.92 Å². The Morgan fingerprint density at radius 3 is 2.71 bits per heavy atom. The number of fused-ring (bicyclic) bond motifs is 1. The van der Waals surface area contributed by atoms with E-state index in [0.717, 1.165) is 28.3 Å². The number of anilines is 1. The van der Waals surface area contributed by atoms with Crippen LogP contribution in [0, 0.1) is 6.92 Å². The van der Waals surface area contributed by atoms with Crippen molar-refractivity contribution in [1.29, 1.82) is 0 Å². The molecule has 0 amide bonds. The molecule has 2 N–H and O–H groups in total. The highest BCUT2D eigenvalue weighted by atomic mass is 16.7. The Labute approximate surface area is 99.8 Å². The molecule has 2 aromatic carbocycles. The van der Waals surface area contributed by atoms with Crippen molar-refractivity contribution < 1.29 is 9.47 Å². The van der Waals surface area contributed by atoms with E-state index in [-0.39, 0.29) is 0 Å². The highest BCUT2D eigenvalue weighted by molar-refractivity contribution is 5.73. The van der Waals surface area contributed by atoms with E-state index < -0.39 is 0 Å². The summed E-state index contributed by atoms with van der Waals surface area (Å²) in [6, 6.07) is 11.9. The van der Waals surface area contributed by atoms with Crippen molar-refractivity contribution in [3.8, 4) is 22.6 Å². The smallest absolute Gasteiger partial charge is 0.231 e. The lowest BCUT2D eigenvalue weighted by atomic mass is 9.99. The Hall–Kier alpha value is -2.16. The highest BCUT2D eigenvalue weighted by Crippen LogP contribution is 2.37. The maximum Gasteiger partial charge on any atom is 0.231 e. The molecule has 0 spiro atoms. The van der Waals surface area contributed by atoms with Crippen LogP contribution >= 0.6 is 0 Å². The summed E-state index contributed by atoms with van der Waals surface area (Å²) < 4.78 is 10.7. The monoisotopic (exact) mass is 227 g/mol. The number of rotatable bonds is 1. The molecule has 0 fully saturated rings. The maximum absolute atomic E-state index is 5.82. The number of aryl methyl sites for hydroxylation is 1. The van der Waals surface area contributed by atoms with Gasteiger partial charge in [0, 0.05) is 5.69 Å². The van der Waals surface area contributed by atoms with Crippen LogP contribution in [0.5, 0.6) is 11.5 Å². The Balaban J connectivity index is 2.12. The molecule has 0 radical (unpaired) electrons. The van der Waals surface area contributed by atoms with Crippen molar-refractivity contribution >= 4 is 5.69 Å². The zero-order valence-corrected chi connectivity index (χ0v) is 9.57. The molecule has 0 bridgehead atoms. The second-order valence-corrected chi connectivity index (χ2v) is 4.14. The number of ether oxygens (including phenoxy) is 2. The summed E-state index contributed by atoms with van der Waals surface area (Å²) in [5.74, 6) is 1.60. The first-order valence-corrected chi connectivity index (χ1v) is 5.50. The van der Waals surface area contributed by atoms with Crippen molar-refractivity contribution in [1.82, 2.24) is 0 Å². The first kappa shape index (κ1) is 10.0. The first-order valence-electron chi connectivity index (χ1n) is 5.50. The molecule has 0 atom stereocenters. The Bertz CT molecular complexity index is 578. The Morgan fingerprint density at radius 1 is 1.00 bits per heavy atom. The lowest BCUT2D eigenvalue weighted by molar-refractivity contribution is 0.174. The number of nitrogens with two attached hydrogens (primary N) is 1. The fourth-order valence-corrected chi connectivity index (χ4v) is 2.01. The zero-order chi connectivity index (χ0) is 11.8. The van der Waals surface area contributed by atoms with Crippen LogP contribution in [0.2, 0.25) is 0 Å². The van der Waals surface area contributed by atoms with Gasteiger partial charge in [0.05, 0.1) is 0 Å². The van der Waals surface area contributed by atoms with Gasteiger partial charge >= 0.3 is 0 Å². The van der Waals surface area contributed by atoms with Crippen LogP contribution in [0.3, 0.4) is 0 Å². The second kappa shape index (κ2) is 3.70. The van der Waals surface area contributed by atoms with Crippen molar-refractivity contribution in [2.75, 3.05) is 12.5 Å². The molecule has 0 saturated carbocycles. The third-order valence-electron chi connectivity index (χ3n) is 2.95. The maximum atomic E-state index is 5.82. The summed E-state index contributed by atoms with van der Waals surface area (Å²) in [6.45, 7) is 2.37. The van der Waals surface area contributed by atoms with Gasteiger partial charge in [-0.3, -0.25) is 0 Å². The summed E-state index contributed by atoms with van der Waals surface area (Å²) in [5.41, 5.74) is 10.0. The van der Waals surface area contributed by atoms with Gasteiger partial charge in [0.1, 0.15) is 0 Å². The summed E-state index contributed by atoms with van der Waals surface area (Å²) in [4.78, 5) is 0. The van der Waals surface area contributed by atoms with E-state index in [1.54, 1.807) is 0 Å². The predicted molar refractivity (Wildman–Crippen MR) is 67.2 cm³/mol. The molecule has 3 nitrogen and oxygen atoms in total. The van der Waals surface area contributed by atoms with Crippen molar-refractivity contribution in [3.05, 3.63) is 42.0 Å². The average Bonchev–Trinajstić information content (AvgIpc) is 2.79. The fourth-order valence-electron chi connectivity index (χ4n) is 2.01. The van der Waals surface area contributed by atoms with Crippen molar-refractivity contribution in [2.24, 2.45) is 0 Å². The molecule has 3 heteroatoms. The minimum Gasteiger partial charge on any atom is -0.454 e. The average molecular weight is 227 g/mol. The third kappa shape index (κ3) is 1.69. The molecule has 17 heavy (non-hydrogen) atoms. The molecule has 1 aliphatic rings. The van der Waals surface area contributed by atoms with Crippen molar-refractivity contribution in [3.63, 3.8) is 0 Å². The van der Waals surface area contributed by atoms with E-state index in [2.05, 4.69) is 6.92 Å². The number of nitrogen functional groups attached to an aromatic ring is 1. The van der Waals surface area contributed by atoms with Crippen LogP contribution in [0.25, 0.3) is 11.1 Å². The number of hydrogen-bond acceptors (Lipinski definition) is 3. The molecule has 86 valence electrons. The van der Waals surface area contributed by atoms with Gasteiger partial charge in [-0.15, -0.1) is 0 Å². The van der Waals surface area contributed by atoms with Crippen LogP contribution in [0.15, 0.2) is 36.4 Å². The van der Waals surface area contributed by atoms with Crippen LogP contribution < -0.4 is 15.2 Å². The normalized spacial score (nSPS) is 12.8. The minimum absolute atomic E-state index is 0.300. The summed E-state index contributed by atoms with van der Waals surface area (Å²) in [6.07, 6.45) is 0. The predicted octanol–water partition coefficient (Wildman–Crippen LogP) is 2.97. The van der Waals surface area contributed by atoms with E-state index in [0.29, 0.717) is 6.79 Å². The fraction of sp³-hybridized carbons (Fsp3) is 0.143. The topological polar surface area (TPSA) is 44.5 Å². The summed E-state index contributed by atoms with van der Waals surface area (Å²) in [7, 11) is 0. The van der Waals surface area contributed by atoms with E-state index in [4.69, 9.17) is 15.2 Å². The first-order chi connectivity index (χ1) is 8.24. The van der Waals surface area contributed by atoms with Crippen LogP contribution in [-0.2, 0) is 0 Å². The molecule has 0 unspecified atom stereocenters. The van der Waals surface area contributed by atoms with Gasteiger partial charge in [0.2, 0.25) is 6.79 Å². The molecule has 2 aromatic rings. The van der Waals surface area contributed by atoms with E-state index in [1.807, 2.05) is 36.4 Å². The number of hydrogen-bond donors (Lipinski definition) is 1. The lowest BCUT2D eigenvalue weighted by Gasteiger charge is -2.08. The van der Waals surface area contributed by atoms with Gasteiger partial charge in [-0.05, 0) is 47.9 Å². The summed E-state index contributed by atoms with van der Waals surface area (Å²) >= 11 is 0. The molecule has 1 aliphatic heterocycles. The van der Waals surface area contributed by atoms with Gasteiger partial charge in [-0.2, -0.15) is 0 Å². The Morgan fingerprint density at radius 2 is 1.82 bits per heavy atom. The minimum atomic E-state index is 0.300. The largest absolute Gasteiger partial charge is 0.454 e. The van der Waals surface area contributed by atoms with Gasteiger partial charge in [-0.25, -0.2) is 0 Å². The van der Waals surface area contributed by atoms with Gasteiger partial charge < -0.3 is 15.2 Å². The molecular weight excluding hydrogens is 214 g/mol. The van der Waals surface area contributed by atoms with E-state index >= 15 is 0 Å². The van der Waals surface area contributed by atoms with Crippen LogP contribution in [-0.4, -0.2) is 6.79 Å². The molecular formula is C14H13NO2. The number of benzene rings is 2. The van der Waals surface area contributed by atoms with E-state index in [9.17, 15) is 0 Å². The second-order valence-electron chi connectivity index (χ2n) is 4.14. The molecule has 0 aliphatic carbocycles. The highest BCUT2D eigenvalue weighted by Gasteiger charge is 2.14. The SMILES string of the molecule is Cc1ccc(N)cc1-c1ccc2c(c1)OCO2. The third-order valence-corrected chi connectivity index (χ3v) is 2.95. The van der Waals surface area contributed by atoms with Crippen LogP contribution in [0.1, 0.15) is 5.56 Å². The quantitative estimate of drug-likeness (QED) is 0.762. The van der Waals surface area contributed by atoms with Gasteiger partial charge in [-0.1, -0.05) is 12.1 Å². The van der Waals surface area contributed by atoms with E-state index in [1.165, 1.54) is 5.56 Å². The van der Waals surface area contributed by atoms with Gasteiger partial charge in [0.25, 0.3) is 0 Å². The van der Waals surface area contributed by atoms with Gasteiger partial charge in [0.15, 0.2) is 11.5 Å². The molecule has 3 rings (SSSR count). The Kier molecular flexibility index (Phi) is 2.18. The molecule has 0 saturated heterocycles. The summed E-state index contributed by atoms with van der Waals surface area (Å²) in [5, 5.41) is 0.